The van der Waals surface area contributed by atoms with E-state index in [2.05, 4.69) is 15.3 Å². The molecule has 22 heavy (non-hydrogen) atoms. The third-order valence-corrected chi connectivity index (χ3v) is 4.18. The fourth-order valence-electron chi connectivity index (χ4n) is 2.12. The molecule has 0 spiro atoms. The molecule has 0 aromatic carbocycles. The quantitative estimate of drug-likeness (QED) is 0.343. The van der Waals surface area contributed by atoms with Crippen LogP contribution in [0.4, 0.5) is 0 Å². The van der Waals surface area contributed by atoms with Crippen LogP contribution in [0.15, 0.2) is 0 Å². The zero-order valence-electron chi connectivity index (χ0n) is 15.4. The summed E-state index contributed by atoms with van der Waals surface area (Å²) in [5.41, 5.74) is 0. The van der Waals surface area contributed by atoms with Crippen LogP contribution in [0.5, 0.6) is 0 Å². The second-order valence-corrected chi connectivity index (χ2v) is 6.63. The molecule has 0 heterocycles. The molecule has 0 aliphatic heterocycles. The van der Waals surface area contributed by atoms with Gasteiger partial charge in [0.05, 0.1) is 7.11 Å². The summed E-state index contributed by atoms with van der Waals surface area (Å²) in [6, 6.07) is 0. The summed E-state index contributed by atoms with van der Waals surface area (Å²) >= 11 is 0. The number of carbonyl (C=O) groups excluding carboxylic acids is 1. The summed E-state index contributed by atoms with van der Waals surface area (Å²) in [6.45, 7) is 2.22. The van der Waals surface area contributed by atoms with E-state index in [0.717, 1.165) is 20.0 Å². The summed E-state index contributed by atoms with van der Waals surface area (Å²) in [5.74, 6) is -0.743. The van der Waals surface area contributed by atoms with Crippen LogP contribution >= 0.6 is 0 Å². The van der Waals surface area contributed by atoms with Crippen LogP contribution in [0.2, 0.25) is 0 Å². The van der Waals surface area contributed by atoms with Gasteiger partial charge in [-0.2, -0.15) is 8.42 Å². The van der Waals surface area contributed by atoms with Crippen LogP contribution in [0.25, 0.3) is 0 Å². The molecule has 0 fully saturated rings. The number of carbonyl (C=O) groups is 1. The molecule has 0 unspecified atom stereocenters. The standard InChI is InChI=1S/C15H30O5S.K.H/c1-3-4-5-6-7-8-9-10-11-12-13-14-15(16)20-21(17,18)19-2;;/h3-14H2,1-2H3;;/q;+1;-1. The molecule has 0 aliphatic carbocycles. The Kier molecular flexibility index (Phi) is 19.4. The van der Waals surface area contributed by atoms with Crippen molar-refractivity contribution in [2.24, 2.45) is 0 Å². The van der Waals surface area contributed by atoms with Crippen molar-refractivity contribution in [2.45, 2.75) is 84.0 Å². The first-order valence-electron chi connectivity index (χ1n) is 8.04. The van der Waals surface area contributed by atoms with Crippen molar-refractivity contribution in [3.8, 4) is 0 Å². The molecule has 5 nitrogen and oxygen atoms in total. The Labute approximate surface area is 180 Å². The van der Waals surface area contributed by atoms with E-state index in [1.807, 2.05) is 0 Å². The number of unbranched alkanes of at least 4 members (excludes halogenated alkanes) is 10. The van der Waals surface area contributed by atoms with Crippen molar-refractivity contribution in [3.63, 3.8) is 0 Å². The van der Waals surface area contributed by atoms with Gasteiger partial charge in [0.2, 0.25) is 0 Å². The van der Waals surface area contributed by atoms with Gasteiger partial charge in [0.15, 0.2) is 0 Å². The second kappa shape index (κ2) is 16.9. The molecule has 0 atom stereocenters. The van der Waals surface area contributed by atoms with Gasteiger partial charge in [-0.15, -0.1) is 0 Å². The van der Waals surface area contributed by atoms with E-state index in [-0.39, 0.29) is 59.2 Å². The molecule has 0 bridgehead atoms. The van der Waals surface area contributed by atoms with E-state index in [1.165, 1.54) is 51.4 Å². The molecule has 0 amide bonds. The Hall–Kier alpha value is 1.02. The van der Waals surface area contributed by atoms with Crippen LogP contribution in [0, 0.1) is 0 Å². The van der Waals surface area contributed by atoms with Crippen LogP contribution in [-0.4, -0.2) is 21.5 Å². The van der Waals surface area contributed by atoms with Crippen molar-refractivity contribution in [1.82, 2.24) is 0 Å². The number of hydrogen-bond acceptors (Lipinski definition) is 5. The average molecular weight is 363 g/mol. The Morgan fingerprint density at radius 1 is 0.864 bits per heavy atom. The molecular formula is C15H31KO5S. The number of rotatable bonds is 14. The van der Waals surface area contributed by atoms with Crippen molar-refractivity contribution >= 4 is 16.4 Å². The molecule has 0 aromatic rings. The maximum Gasteiger partial charge on any atom is 1.00 e. The molecule has 128 valence electrons. The first kappa shape index (κ1) is 25.3. The largest absolute Gasteiger partial charge is 1.00 e. The minimum Gasteiger partial charge on any atom is -1.00 e. The molecule has 0 radical (unpaired) electrons. The van der Waals surface area contributed by atoms with Crippen LogP contribution in [0.1, 0.15) is 85.4 Å². The monoisotopic (exact) mass is 362 g/mol. The Morgan fingerprint density at radius 2 is 1.27 bits per heavy atom. The summed E-state index contributed by atoms with van der Waals surface area (Å²) in [7, 11) is -3.17. The summed E-state index contributed by atoms with van der Waals surface area (Å²) in [5, 5.41) is 0. The van der Waals surface area contributed by atoms with E-state index >= 15 is 0 Å². The first-order chi connectivity index (χ1) is 10.0. The fraction of sp³-hybridized carbons (Fsp3) is 0.933. The smallest absolute Gasteiger partial charge is 1.00 e. The van der Waals surface area contributed by atoms with E-state index < -0.39 is 16.4 Å². The SMILES string of the molecule is CCCCCCCCCCCCCC(=O)OS(=O)(=O)OC.[H-].[K+]. The maximum atomic E-state index is 11.2. The Morgan fingerprint density at radius 3 is 1.68 bits per heavy atom. The minimum absolute atomic E-state index is 0. The third-order valence-electron chi connectivity index (χ3n) is 3.38. The topological polar surface area (TPSA) is 69.7 Å². The van der Waals surface area contributed by atoms with Gasteiger partial charge in [-0.3, -0.25) is 4.79 Å². The van der Waals surface area contributed by atoms with Crippen molar-refractivity contribution in [1.29, 1.82) is 0 Å². The van der Waals surface area contributed by atoms with Crippen LogP contribution < -0.4 is 51.4 Å². The Bertz CT molecular complexity index is 363. The fourth-order valence-corrected chi connectivity index (χ4v) is 2.50. The summed E-state index contributed by atoms with van der Waals surface area (Å²) in [4.78, 5) is 11.2. The normalized spacial score (nSPS) is 11.0. The average Bonchev–Trinajstić information content (AvgIpc) is 2.44. The molecular weight excluding hydrogens is 331 g/mol. The van der Waals surface area contributed by atoms with Gasteiger partial charge in [-0.1, -0.05) is 71.1 Å². The molecule has 0 aromatic heterocycles. The van der Waals surface area contributed by atoms with Gasteiger partial charge >= 0.3 is 67.8 Å². The minimum atomic E-state index is -4.13. The zero-order chi connectivity index (χ0) is 16.0. The molecule has 0 saturated carbocycles. The summed E-state index contributed by atoms with van der Waals surface area (Å²) < 4.78 is 29.9. The van der Waals surface area contributed by atoms with Gasteiger partial charge in [0.25, 0.3) is 0 Å². The van der Waals surface area contributed by atoms with Crippen LogP contribution in [0.3, 0.4) is 0 Å². The van der Waals surface area contributed by atoms with Gasteiger partial charge in [0.1, 0.15) is 0 Å². The van der Waals surface area contributed by atoms with E-state index in [9.17, 15) is 13.2 Å². The summed E-state index contributed by atoms with van der Waals surface area (Å²) in [6.07, 6.45) is 13.2. The predicted octanol–water partition coefficient (Wildman–Crippen LogP) is 1.24. The predicted molar refractivity (Wildman–Crippen MR) is 84.2 cm³/mol. The molecule has 7 heteroatoms. The molecule has 0 rings (SSSR count). The second-order valence-electron chi connectivity index (χ2n) is 5.32. The molecule has 0 saturated heterocycles. The van der Waals surface area contributed by atoms with E-state index in [1.54, 1.807) is 0 Å². The molecule has 0 aliphatic rings. The first-order valence-corrected chi connectivity index (χ1v) is 9.38. The third kappa shape index (κ3) is 17.4. The van der Waals surface area contributed by atoms with Gasteiger partial charge in [-0.25, -0.2) is 4.18 Å². The van der Waals surface area contributed by atoms with Crippen LogP contribution in [-0.2, 0) is 23.6 Å². The maximum absolute atomic E-state index is 11.2. The van der Waals surface area contributed by atoms with Crippen molar-refractivity contribution in [2.75, 3.05) is 7.11 Å². The van der Waals surface area contributed by atoms with Gasteiger partial charge in [0, 0.05) is 6.42 Å². The van der Waals surface area contributed by atoms with E-state index in [0.29, 0.717) is 6.42 Å². The zero-order valence-corrected chi connectivity index (χ0v) is 18.4. The van der Waals surface area contributed by atoms with Crippen molar-refractivity contribution in [3.05, 3.63) is 0 Å². The van der Waals surface area contributed by atoms with Gasteiger partial charge < -0.3 is 5.61 Å². The van der Waals surface area contributed by atoms with Crippen molar-refractivity contribution < 1.29 is 74.4 Å². The number of hydrogen-bond donors (Lipinski definition) is 0. The van der Waals surface area contributed by atoms with E-state index in [4.69, 9.17) is 0 Å². The molecule has 0 N–H and O–H groups in total. The van der Waals surface area contributed by atoms with Gasteiger partial charge in [-0.05, 0) is 6.42 Å². The Balaban J connectivity index is -0.00000200.